The van der Waals surface area contributed by atoms with Crippen molar-refractivity contribution in [3.63, 3.8) is 0 Å². The van der Waals surface area contributed by atoms with Crippen LogP contribution in [0.1, 0.15) is 30.0 Å². The lowest BCUT2D eigenvalue weighted by atomic mass is 10.0. The van der Waals surface area contributed by atoms with Crippen LogP contribution < -0.4 is 18.5 Å². The lowest BCUT2D eigenvalue weighted by Gasteiger charge is -2.31. The van der Waals surface area contributed by atoms with Crippen LogP contribution in [0.25, 0.3) is 0 Å². The van der Waals surface area contributed by atoms with Crippen LogP contribution in [0, 0.1) is 13.8 Å². The summed E-state index contributed by atoms with van der Waals surface area (Å²) >= 11 is 0. The number of sulfonamides is 2. The van der Waals surface area contributed by atoms with Crippen LogP contribution in [-0.2, 0) is 26.5 Å². The number of rotatable bonds is 8. The lowest BCUT2D eigenvalue weighted by Crippen LogP contribution is -2.35. The van der Waals surface area contributed by atoms with E-state index in [1.165, 1.54) is 23.5 Å². The van der Waals surface area contributed by atoms with Crippen LogP contribution in [0.15, 0.2) is 64.4 Å². The van der Waals surface area contributed by atoms with E-state index >= 15 is 0 Å². The first-order chi connectivity index (χ1) is 17.1. The third-order valence-electron chi connectivity index (χ3n) is 6.09. The molecule has 10 heteroatoms. The Hall–Kier alpha value is -3.24. The molecule has 8 nitrogen and oxygen atoms in total. The molecule has 0 amide bonds. The Morgan fingerprint density at radius 3 is 2.19 bits per heavy atom. The van der Waals surface area contributed by atoms with Gasteiger partial charge in [0.2, 0.25) is 0 Å². The number of hydrogen-bond acceptors (Lipinski definition) is 6. The summed E-state index contributed by atoms with van der Waals surface area (Å²) in [5, 5.41) is 0. The van der Waals surface area contributed by atoms with Crippen LogP contribution in [0.5, 0.6) is 11.5 Å². The molecule has 3 aromatic carbocycles. The molecule has 36 heavy (non-hydrogen) atoms. The first-order valence-electron chi connectivity index (χ1n) is 11.6. The zero-order valence-corrected chi connectivity index (χ0v) is 22.4. The maximum atomic E-state index is 13.3. The van der Waals surface area contributed by atoms with Crippen molar-refractivity contribution < 1.29 is 26.3 Å². The smallest absolute Gasteiger partial charge is 0.264 e. The highest BCUT2D eigenvalue weighted by molar-refractivity contribution is 7.93. The van der Waals surface area contributed by atoms with Gasteiger partial charge in [0.25, 0.3) is 20.0 Å². The second-order valence-electron chi connectivity index (χ2n) is 8.62. The summed E-state index contributed by atoms with van der Waals surface area (Å²) in [6, 6.07) is 14.4. The Balaban J connectivity index is 1.62. The van der Waals surface area contributed by atoms with E-state index < -0.39 is 20.0 Å². The van der Waals surface area contributed by atoms with Gasteiger partial charge in [-0.3, -0.25) is 9.03 Å². The number of anilines is 2. The molecule has 4 rings (SSSR count). The highest BCUT2D eigenvalue weighted by atomic mass is 32.2. The van der Waals surface area contributed by atoms with Crippen molar-refractivity contribution in [3.05, 3.63) is 71.3 Å². The Morgan fingerprint density at radius 2 is 1.58 bits per heavy atom. The van der Waals surface area contributed by atoms with Crippen molar-refractivity contribution in [2.45, 2.75) is 43.4 Å². The molecular formula is C26H30N2O6S2. The predicted molar refractivity (Wildman–Crippen MR) is 140 cm³/mol. The number of aryl methyl sites for hydroxylation is 3. The van der Waals surface area contributed by atoms with E-state index in [-0.39, 0.29) is 9.79 Å². The first kappa shape index (κ1) is 25.8. The van der Waals surface area contributed by atoms with Gasteiger partial charge in [-0.05, 0) is 105 Å². The van der Waals surface area contributed by atoms with Crippen molar-refractivity contribution in [2.75, 3.05) is 29.3 Å². The fourth-order valence-electron chi connectivity index (χ4n) is 4.40. The standard InChI is InChI=1S/C26H30N2O6S2/c1-5-34-26-18(2)15-24(16-19(26)3)35(29,30)27-21-8-13-25-20(17-21)7-6-14-28(25)36(31,32)23-11-9-22(33-4)10-12-23/h8-13,15-17,27H,5-7,14H2,1-4H3. The van der Waals surface area contributed by atoms with E-state index in [1.54, 1.807) is 42.5 Å². The molecule has 0 atom stereocenters. The minimum absolute atomic E-state index is 0.141. The average Bonchev–Trinajstić information content (AvgIpc) is 2.85. The van der Waals surface area contributed by atoms with Crippen molar-refractivity contribution in [1.82, 2.24) is 0 Å². The number of nitrogens with zero attached hydrogens (tertiary/aromatic N) is 1. The number of benzene rings is 3. The fraction of sp³-hybridized carbons (Fsp3) is 0.308. The van der Waals surface area contributed by atoms with Crippen LogP contribution in [0.4, 0.5) is 11.4 Å². The molecule has 1 aliphatic heterocycles. The number of ether oxygens (including phenoxy) is 2. The average molecular weight is 531 g/mol. The Bertz CT molecular complexity index is 1460. The van der Waals surface area contributed by atoms with Gasteiger partial charge in [-0.1, -0.05) is 0 Å². The van der Waals surface area contributed by atoms with Crippen LogP contribution in [0.2, 0.25) is 0 Å². The van der Waals surface area contributed by atoms with Gasteiger partial charge in [0, 0.05) is 12.2 Å². The summed E-state index contributed by atoms with van der Waals surface area (Å²) in [4.78, 5) is 0.310. The molecule has 192 valence electrons. The number of fused-ring (bicyclic) bond motifs is 1. The zero-order valence-electron chi connectivity index (χ0n) is 20.7. The third kappa shape index (κ3) is 5.01. The molecule has 0 unspecified atom stereocenters. The van der Waals surface area contributed by atoms with Gasteiger partial charge in [0.1, 0.15) is 11.5 Å². The van der Waals surface area contributed by atoms with E-state index in [9.17, 15) is 16.8 Å². The maximum Gasteiger partial charge on any atom is 0.264 e. The molecule has 0 bridgehead atoms. The quantitative estimate of drug-likeness (QED) is 0.455. The summed E-state index contributed by atoms with van der Waals surface area (Å²) in [5.74, 6) is 1.26. The monoisotopic (exact) mass is 530 g/mol. The SMILES string of the molecule is CCOc1c(C)cc(S(=O)(=O)Nc2ccc3c(c2)CCCN3S(=O)(=O)c2ccc(OC)cc2)cc1C. The number of hydrogen-bond donors (Lipinski definition) is 1. The van der Waals surface area contributed by atoms with E-state index in [2.05, 4.69) is 4.72 Å². The van der Waals surface area contributed by atoms with Gasteiger partial charge < -0.3 is 9.47 Å². The molecule has 1 heterocycles. The van der Waals surface area contributed by atoms with Crippen molar-refractivity contribution in [1.29, 1.82) is 0 Å². The van der Waals surface area contributed by atoms with E-state index in [0.717, 1.165) is 16.7 Å². The minimum atomic E-state index is -3.86. The molecule has 0 radical (unpaired) electrons. The third-order valence-corrected chi connectivity index (χ3v) is 9.28. The van der Waals surface area contributed by atoms with Crippen molar-refractivity contribution in [2.24, 2.45) is 0 Å². The largest absolute Gasteiger partial charge is 0.497 e. The fourth-order valence-corrected chi connectivity index (χ4v) is 7.16. The van der Waals surface area contributed by atoms with Gasteiger partial charge >= 0.3 is 0 Å². The summed E-state index contributed by atoms with van der Waals surface area (Å²) in [6.45, 7) is 6.34. The molecule has 0 spiro atoms. The van der Waals surface area contributed by atoms with Crippen LogP contribution in [-0.4, -0.2) is 37.1 Å². The maximum absolute atomic E-state index is 13.3. The van der Waals surface area contributed by atoms with Crippen molar-refractivity contribution >= 4 is 31.4 Å². The summed E-state index contributed by atoms with van der Waals surface area (Å²) in [6.07, 6.45) is 1.26. The van der Waals surface area contributed by atoms with E-state index in [1.807, 2.05) is 20.8 Å². The molecule has 0 aliphatic carbocycles. The zero-order chi connectivity index (χ0) is 26.1. The second kappa shape index (κ2) is 10.0. The van der Waals surface area contributed by atoms with Gasteiger partial charge in [-0.15, -0.1) is 0 Å². The molecular weight excluding hydrogens is 500 g/mol. The molecule has 0 saturated carbocycles. The Kier molecular flexibility index (Phi) is 7.19. The molecule has 1 N–H and O–H groups in total. The highest BCUT2D eigenvalue weighted by Crippen LogP contribution is 2.35. The van der Waals surface area contributed by atoms with Crippen LogP contribution in [0.3, 0.4) is 0 Å². The Morgan fingerprint density at radius 1 is 0.917 bits per heavy atom. The normalized spacial score (nSPS) is 13.7. The molecule has 0 fully saturated rings. The first-order valence-corrected chi connectivity index (χ1v) is 14.6. The lowest BCUT2D eigenvalue weighted by molar-refractivity contribution is 0.335. The van der Waals surface area contributed by atoms with Gasteiger partial charge in [-0.2, -0.15) is 0 Å². The highest BCUT2D eigenvalue weighted by Gasteiger charge is 2.29. The number of methoxy groups -OCH3 is 1. The molecule has 0 saturated heterocycles. The molecule has 3 aromatic rings. The second-order valence-corrected chi connectivity index (χ2v) is 12.2. The molecule has 1 aliphatic rings. The van der Waals surface area contributed by atoms with Crippen LogP contribution >= 0.6 is 0 Å². The minimum Gasteiger partial charge on any atom is -0.497 e. The van der Waals surface area contributed by atoms with E-state index in [0.29, 0.717) is 48.9 Å². The Labute approximate surface area is 213 Å². The topological polar surface area (TPSA) is 102 Å². The summed E-state index contributed by atoms with van der Waals surface area (Å²) in [7, 11) is -6.12. The summed E-state index contributed by atoms with van der Waals surface area (Å²) in [5.41, 5.74) is 3.16. The predicted octanol–water partition coefficient (Wildman–Crippen LogP) is 4.65. The van der Waals surface area contributed by atoms with Gasteiger partial charge in [0.05, 0.1) is 29.2 Å². The van der Waals surface area contributed by atoms with Crippen molar-refractivity contribution in [3.8, 4) is 11.5 Å². The van der Waals surface area contributed by atoms with E-state index in [4.69, 9.17) is 9.47 Å². The molecule has 0 aromatic heterocycles. The van der Waals surface area contributed by atoms with Gasteiger partial charge in [0.15, 0.2) is 0 Å². The van der Waals surface area contributed by atoms with Gasteiger partial charge in [-0.25, -0.2) is 16.8 Å². The summed E-state index contributed by atoms with van der Waals surface area (Å²) < 4.78 is 67.7. The number of nitrogens with one attached hydrogen (secondary N) is 1.